The number of fused-ring (bicyclic) bond motifs is 1. The van der Waals surface area contributed by atoms with Crippen molar-refractivity contribution in [3.8, 4) is 0 Å². The lowest BCUT2D eigenvalue weighted by molar-refractivity contribution is 0.207. The van der Waals surface area contributed by atoms with Gasteiger partial charge >= 0.3 is 0 Å². The fourth-order valence-electron chi connectivity index (χ4n) is 1.84. The maximum Gasteiger partial charge on any atom is 0.0471 e. The second-order valence-electron chi connectivity index (χ2n) is 4.73. The highest BCUT2D eigenvalue weighted by atomic mass is 16.3. The van der Waals surface area contributed by atoms with E-state index in [0.29, 0.717) is 6.04 Å². The summed E-state index contributed by atoms with van der Waals surface area (Å²) in [4.78, 5) is 3.21. The number of aromatic nitrogens is 1. The molecule has 0 radical (unpaired) electrons. The number of aliphatic hydroxyl groups is 1. The van der Waals surface area contributed by atoms with E-state index < -0.39 is 0 Å². The second kappa shape index (κ2) is 5.34. The van der Waals surface area contributed by atoms with E-state index in [4.69, 9.17) is 5.11 Å². The fourth-order valence-corrected chi connectivity index (χ4v) is 1.84. The topological polar surface area (TPSA) is 48.0 Å². The van der Waals surface area contributed by atoms with E-state index in [0.717, 1.165) is 6.54 Å². The van der Waals surface area contributed by atoms with Gasteiger partial charge in [-0.15, -0.1) is 0 Å². The average molecular weight is 232 g/mol. The average Bonchev–Trinajstić information content (AvgIpc) is 2.82. The minimum absolute atomic E-state index is 0.226. The molecule has 0 spiro atoms. The van der Waals surface area contributed by atoms with Crippen molar-refractivity contribution < 1.29 is 5.11 Å². The van der Waals surface area contributed by atoms with E-state index in [-0.39, 0.29) is 12.5 Å². The summed E-state index contributed by atoms with van der Waals surface area (Å²) < 4.78 is 0. The highest BCUT2D eigenvalue weighted by Crippen LogP contribution is 2.14. The van der Waals surface area contributed by atoms with Crippen molar-refractivity contribution in [2.45, 2.75) is 26.4 Å². The molecule has 17 heavy (non-hydrogen) atoms. The first-order valence-electron chi connectivity index (χ1n) is 6.11. The summed E-state index contributed by atoms with van der Waals surface area (Å²) in [6, 6.07) is 8.82. The number of hydrogen-bond acceptors (Lipinski definition) is 2. The van der Waals surface area contributed by atoms with E-state index in [9.17, 15) is 0 Å². The lowest BCUT2D eigenvalue weighted by atomic mass is 10.0. The molecule has 0 saturated carbocycles. The Morgan fingerprint density at radius 2 is 2.12 bits per heavy atom. The van der Waals surface area contributed by atoms with Gasteiger partial charge in [-0.05, 0) is 35.9 Å². The monoisotopic (exact) mass is 232 g/mol. The molecule has 1 heterocycles. The molecule has 0 fully saturated rings. The first kappa shape index (κ1) is 12.1. The first-order valence-corrected chi connectivity index (χ1v) is 6.11. The van der Waals surface area contributed by atoms with Gasteiger partial charge in [-0.3, -0.25) is 0 Å². The van der Waals surface area contributed by atoms with Crippen LogP contribution in [0.4, 0.5) is 0 Å². The zero-order valence-corrected chi connectivity index (χ0v) is 10.4. The summed E-state index contributed by atoms with van der Waals surface area (Å²) in [5, 5.41) is 13.7. The first-order chi connectivity index (χ1) is 8.20. The second-order valence-corrected chi connectivity index (χ2v) is 4.73. The van der Waals surface area contributed by atoms with Crippen molar-refractivity contribution in [1.29, 1.82) is 0 Å². The van der Waals surface area contributed by atoms with E-state index in [1.54, 1.807) is 0 Å². The van der Waals surface area contributed by atoms with E-state index >= 15 is 0 Å². The molecule has 3 heteroatoms. The molecule has 92 valence electrons. The van der Waals surface area contributed by atoms with Gasteiger partial charge in [-0.1, -0.05) is 19.1 Å². The number of benzene rings is 1. The molecule has 2 atom stereocenters. The van der Waals surface area contributed by atoms with E-state index in [2.05, 4.69) is 41.5 Å². The van der Waals surface area contributed by atoms with Crippen LogP contribution in [0.5, 0.6) is 0 Å². The Morgan fingerprint density at radius 3 is 2.88 bits per heavy atom. The van der Waals surface area contributed by atoms with Gasteiger partial charge in [-0.25, -0.2) is 0 Å². The zero-order chi connectivity index (χ0) is 12.3. The standard InChI is InChI=1S/C14H20N2O/c1-10(9-17)11(2)16-8-12-3-4-13-5-6-15-14(13)7-12/h3-7,10-11,15-17H,8-9H2,1-2H3. The molecule has 0 saturated heterocycles. The fraction of sp³-hybridized carbons (Fsp3) is 0.429. The predicted molar refractivity (Wildman–Crippen MR) is 70.9 cm³/mol. The Bertz CT molecular complexity index is 478. The molecule has 0 aliphatic rings. The van der Waals surface area contributed by atoms with Gasteiger partial charge in [0.15, 0.2) is 0 Å². The summed E-state index contributed by atoms with van der Waals surface area (Å²) in [6.45, 7) is 5.21. The molecule has 2 rings (SSSR count). The van der Waals surface area contributed by atoms with Crippen LogP contribution in [0.25, 0.3) is 10.9 Å². The van der Waals surface area contributed by atoms with Crippen LogP contribution in [-0.2, 0) is 6.54 Å². The van der Waals surface area contributed by atoms with Crippen LogP contribution in [-0.4, -0.2) is 22.7 Å². The molecular weight excluding hydrogens is 212 g/mol. The molecule has 2 unspecified atom stereocenters. The Labute approximate surface area is 102 Å². The third-order valence-electron chi connectivity index (χ3n) is 3.39. The van der Waals surface area contributed by atoms with Crippen molar-refractivity contribution in [3.05, 3.63) is 36.0 Å². The van der Waals surface area contributed by atoms with Crippen LogP contribution in [0, 0.1) is 5.92 Å². The van der Waals surface area contributed by atoms with Crippen LogP contribution in [0.15, 0.2) is 30.5 Å². The van der Waals surface area contributed by atoms with Crippen molar-refractivity contribution >= 4 is 10.9 Å². The van der Waals surface area contributed by atoms with Gasteiger partial charge in [0.2, 0.25) is 0 Å². The minimum atomic E-state index is 0.226. The predicted octanol–water partition coefficient (Wildman–Crippen LogP) is 2.27. The Kier molecular flexibility index (Phi) is 3.82. The van der Waals surface area contributed by atoms with Gasteiger partial charge in [-0.2, -0.15) is 0 Å². The summed E-state index contributed by atoms with van der Waals surface area (Å²) in [5.74, 6) is 0.282. The van der Waals surface area contributed by atoms with E-state index in [1.807, 2.05) is 13.1 Å². The van der Waals surface area contributed by atoms with Crippen LogP contribution in [0.1, 0.15) is 19.4 Å². The van der Waals surface area contributed by atoms with Gasteiger partial charge in [0.25, 0.3) is 0 Å². The van der Waals surface area contributed by atoms with Crippen molar-refractivity contribution in [3.63, 3.8) is 0 Å². The van der Waals surface area contributed by atoms with Crippen LogP contribution in [0.2, 0.25) is 0 Å². The number of aromatic amines is 1. The molecular formula is C14H20N2O. The van der Waals surface area contributed by atoms with Crippen molar-refractivity contribution in [2.75, 3.05) is 6.61 Å². The molecule has 0 aliphatic carbocycles. The van der Waals surface area contributed by atoms with Crippen molar-refractivity contribution in [2.24, 2.45) is 5.92 Å². The van der Waals surface area contributed by atoms with Crippen LogP contribution < -0.4 is 5.32 Å². The normalized spacial score (nSPS) is 15.0. The molecule has 3 N–H and O–H groups in total. The SMILES string of the molecule is CC(CO)C(C)NCc1ccc2cc[nH]c2c1. The largest absolute Gasteiger partial charge is 0.396 e. The van der Waals surface area contributed by atoms with Gasteiger partial charge in [0, 0.05) is 30.9 Å². The number of aliphatic hydroxyl groups excluding tert-OH is 1. The molecule has 3 nitrogen and oxygen atoms in total. The minimum Gasteiger partial charge on any atom is -0.396 e. The Morgan fingerprint density at radius 1 is 1.29 bits per heavy atom. The summed E-state index contributed by atoms with van der Waals surface area (Å²) in [6.07, 6.45) is 1.96. The molecule has 1 aromatic heterocycles. The summed E-state index contributed by atoms with van der Waals surface area (Å²) in [7, 11) is 0. The Hall–Kier alpha value is -1.32. The molecule has 0 aliphatic heterocycles. The number of rotatable bonds is 5. The lowest BCUT2D eigenvalue weighted by Gasteiger charge is -2.19. The maximum atomic E-state index is 9.07. The number of H-pyrrole nitrogens is 1. The smallest absolute Gasteiger partial charge is 0.0471 e. The zero-order valence-electron chi connectivity index (χ0n) is 10.4. The van der Waals surface area contributed by atoms with Gasteiger partial charge in [0.1, 0.15) is 0 Å². The number of nitrogens with one attached hydrogen (secondary N) is 2. The quantitative estimate of drug-likeness (QED) is 0.740. The van der Waals surface area contributed by atoms with Crippen LogP contribution in [0.3, 0.4) is 0 Å². The van der Waals surface area contributed by atoms with E-state index in [1.165, 1.54) is 16.5 Å². The Balaban J connectivity index is 1.98. The highest BCUT2D eigenvalue weighted by molar-refractivity contribution is 5.79. The molecule has 2 aromatic rings. The van der Waals surface area contributed by atoms with Crippen LogP contribution >= 0.6 is 0 Å². The maximum absolute atomic E-state index is 9.07. The molecule has 1 aromatic carbocycles. The third kappa shape index (κ3) is 2.87. The van der Waals surface area contributed by atoms with Crippen molar-refractivity contribution in [1.82, 2.24) is 10.3 Å². The summed E-state index contributed by atoms with van der Waals surface area (Å²) >= 11 is 0. The molecule has 0 bridgehead atoms. The molecule has 0 amide bonds. The van der Waals surface area contributed by atoms with Gasteiger partial charge in [0.05, 0.1) is 0 Å². The lowest BCUT2D eigenvalue weighted by Crippen LogP contribution is -2.33. The number of hydrogen-bond donors (Lipinski definition) is 3. The van der Waals surface area contributed by atoms with Gasteiger partial charge < -0.3 is 15.4 Å². The third-order valence-corrected chi connectivity index (χ3v) is 3.39. The summed E-state index contributed by atoms with van der Waals surface area (Å²) in [5.41, 5.74) is 2.43. The highest BCUT2D eigenvalue weighted by Gasteiger charge is 2.09.